The van der Waals surface area contributed by atoms with Gasteiger partial charge in [0.1, 0.15) is 5.58 Å². The quantitative estimate of drug-likeness (QED) is 0.368. The fraction of sp³-hybridized carbons (Fsp3) is 0.379. The number of furan rings is 1. The largest absolute Gasteiger partial charge is 0.478 e. The molecule has 0 fully saturated rings. The van der Waals surface area contributed by atoms with E-state index in [1.54, 1.807) is 12.3 Å². The van der Waals surface area contributed by atoms with E-state index in [1.807, 2.05) is 32.0 Å². The lowest BCUT2D eigenvalue weighted by molar-refractivity contribution is -0.133. The van der Waals surface area contributed by atoms with Gasteiger partial charge in [-0.1, -0.05) is 44.2 Å². The third-order valence-electron chi connectivity index (χ3n) is 6.81. The summed E-state index contributed by atoms with van der Waals surface area (Å²) in [4.78, 5) is 23.9. The molecule has 190 valence electrons. The molecule has 1 aliphatic rings. The van der Waals surface area contributed by atoms with Gasteiger partial charge in [0.25, 0.3) is 0 Å². The molecule has 0 unspecified atom stereocenters. The molecule has 3 aromatic rings. The molecule has 1 aromatic heterocycles. The number of benzene rings is 2. The number of nitrogens with one attached hydrogen (secondary N) is 2. The molecular weight excluding hydrogens is 456 g/mol. The maximum atomic E-state index is 12.0. The molecule has 0 saturated heterocycles. The molecule has 4 rings (SSSR count). The Bertz CT molecular complexity index is 1230. The topological polar surface area (TPSA) is 101 Å². The van der Waals surface area contributed by atoms with Gasteiger partial charge in [0.2, 0.25) is 5.91 Å². The van der Waals surface area contributed by atoms with Crippen molar-refractivity contribution in [3.63, 3.8) is 0 Å². The zero-order valence-electron chi connectivity index (χ0n) is 21.0. The lowest BCUT2D eigenvalue weighted by atomic mass is 9.87. The zero-order valence-corrected chi connectivity index (χ0v) is 21.0. The number of carbonyl (C=O) groups is 2. The molecule has 7 heteroatoms. The van der Waals surface area contributed by atoms with Gasteiger partial charge in [-0.25, -0.2) is 4.79 Å². The highest BCUT2D eigenvalue weighted by Gasteiger charge is 2.37. The van der Waals surface area contributed by atoms with Crippen LogP contribution in [0.3, 0.4) is 0 Å². The van der Waals surface area contributed by atoms with Crippen LogP contribution in [0.25, 0.3) is 22.1 Å². The molecule has 3 N–H and O–H groups in total. The summed E-state index contributed by atoms with van der Waals surface area (Å²) in [5.74, 6) is -1.13. The molecule has 1 aliphatic carbocycles. The first-order chi connectivity index (χ1) is 17.4. The number of fused-ring (bicyclic) bond motifs is 1. The van der Waals surface area contributed by atoms with Gasteiger partial charge < -0.3 is 24.9 Å². The first kappa shape index (κ1) is 25.7. The van der Waals surface area contributed by atoms with Gasteiger partial charge in [-0.05, 0) is 60.2 Å². The predicted octanol–water partition coefficient (Wildman–Crippen LogP) is 5.05. The van der Waals surface area contributed by atoms with E-state index in [1.165, 1.54) is 6.92 Å². The lowest BCUT2D eigenvalue weighted by Crippen LogP contribution is -2.58. The van der Waals surface area contributed by atoms with Crippen molar-refractivity contribution in [2.75, 3.05) is 0 Å². The number of hydrogen-bond acceptors (Lipinski definition) is 5. The highest BCUT2D eigenvalue weighted by Crippen LogP contribution is 2.27. The zero-order chi connectivity index (χ0) is 25.7. The Labute approximate surface area is 211 Å². The van der Waals surface area contributed by atoms with Crippen LogP contribution in [-0.2, 0) is 20.9 Å². The minimum Gasteiger partial charge on any atom is -0.478 e. The molecule has 1 amide bonds. The van der Waals surface area contributed by atoms with Crippen molar-refractivity contribution < 1.29 is 23.8 Å². The summed E-state index contributed by atoms with van der Waals surface area (Å²) in [6.07, 6.45) is 4.74. The minimum atomic E-state index is -0.958. The van der Waals surface area contributed by atoms with Crippen LogP contribution in [0.5, 0.6) is 0 Å². The van der Waals surface area contributed by atoms with Crippen molar-refractivity contribution in [2.45, 2.75) is 70.9 Å². The smallest absolute Gasteiger partial charge is 0.331 e. The first-order valence-corrected chi connectivity index (χ1v) is 12.5. The Morgan fingerprint density at radius 1 is 1.08 bits per heavy atom. The standard InChI is InChI=1S/C29H34N2O5/c1-4-24(5-2)36-27-16-23(29(33)34)15-25(28(27)31-18(3)32)30-17-19-6-8-20(9-7-19)21-10-11-26-22(14-21)12-13-35-26/h6-14,16,24-25,27-28,30H,4-5,15,17H2,1-3H3,(H,31,32)(H,33,34)/t25-,27+,28+/m0/s1. The molecule has 0 radical (unpaired) electrons. The van der Waals surface area contributed by atoms with Gasteiger partial charge in [0.05, 0.1) is 24.5 Å². The summed E-state index contributed by atoms with van der Waals surface area (Å²) in [6, 6.07) is 15.7. The normalized spacial score (nSPS) is 19.9. The molecule has 0 spiro atoms. The van der Waals surface area contributed by atoms with Gasteiger partial charge >= 0.3 is 5.97 Å². The summed E-state index contributed by atoms with van der Waals surface area (Å²) in [5.41, 5.74) is 4.44. The molecular formula is C29H34N2O5. The second-order valence-corrected chi connectivity index (χ2v) is 9.32. The fourth-order valence-electron chi connectivity index (χ4n) is 4.78. The van der Waals surface area contributed by atoms with Crippen LogP contribution in [0.2, 0.25) is 0 Å². The first-order valence-electron chi connectivity index (χ1n) is 12.5. The van der Waals surface area contributed by atoms with E-state index >= 15 is 0 Å². The summed E-state index contributed by atoms with van der Waals surface area (Å²) >= 11 is 0. The number of aliphatic carboxylic acids is 1. The van der Waals surface area contributed by atoms with Gasteiger partial charge in [0, 0.05) is 30.5 Å². The van der Waals surface area contributed by atoms with E-state index in [9.17, 15) is 14.7 Å². The molecule has 0 bridgehead atoms. The minimum absolute atomic E-state index is 0.00915. The van der Waals surface area contributed by atoms with Gasteiger partial charge in [0.15, 0.2) is 0 Å². The van der Waals surface area contributed by atoms with Crippen molar-refractivity contribution in [3.8, 4) is 11.1 Å². The number of amides is 1. The van der Waals surface area contributed by atoms with Gasteiger partial charge in [-0.15, -0.1) is 0 Å². The van der Waals surface area contributed by atoms with Crippen LogP contribution >= 0.6 is 0 Å². The highest BCUT2D eigenvalue weighted by molar-refractivity contribution is 5.87. The van der Waals surface area contributed by atoms with Crippen LogP contribution in [0, 0.1) is 0 Å². The molecule has 0 aliphatic heterocycles. The summed E-state index contributed by atoms with van der Waals surface area (Å²) in [5, 5.41) is 17.3. The Hall–Kier alpha value is -3.42. The Kier molecular flexibility index (Phi) is 8.23. The van der Waals surface area contributed by atoms with Crippen molar-refractivity contribution in [3.05, 3.63) is 72.0 Å². The number of carboxylic acid groups (broad SMARTS) is 1. The second-order valence-electron chi connectivity index (χ2n) is 9.32. The molecule has 1 heterocycles. The predicted molar refractivity (Wildman–Crippen MR) is 139 cm³/mol. The Morgan fingerprint density at radius 2 is 1.81 bits per heavy atom. The van der Waals surface area contributed by atoms with E-state index in [0.717, 1.165) is 40.5 Å². The van der Waals surface area contributed by atoms with Crippen molar-refractivity contribution in [1.82, 2.24) is 10.6 Å². The number of hydrogen-bond donors (Lipinski definition) is 3. The third-order valence-corrected chi connectivity index (χ3v) is 6.81. The van der Waals surface area contributed by atoms with E-state index in [4.69, 9.17) is 9.15 Å². The van der Waals surface area contributed by atoms with E-state index < -0.39 is 12.1 Å². The van der Waals surface area contributed by atoms with E-state index in [0.29, 0.717) is 18.5 Å². The lowest BCUT2D eigenvalue weighted by Gasteiger charge is -2.38. The van der Waals surface area contributed by atoms with Gasteiger partial charge in [-0.2, -0.15) is 0 Å². The van der Waals surface area contributed by atoms with Crippen molar-refractivity contribution >= 4 is 22.8 Å². The van der Waals surface area contributed by atoms with Crippen molar-refractivity contribution in [2.24, 2.45) is 0 Å². The molecule has 0 saturated carbocycles. The average Bonchev–Trinajstić information content (AvgIpc) is 3.35. The molecule has 3 atom stereocenters. The van der Waals surface area contributed by atoms with Crippen LogP contribution in [0.1, 0.15) is 45.6 Å². The average molecular weight is 491 g/mol. The van der Waals surface area contributed by atoms with Crippen LogP contribution < -0.4 is 10.6 Å². The number of ether oxygens (including phenoxy) is 1. The molecule has 36 heavy (non-hydrogen) atoms. The highest BCUT2D eigenvalue weighted by atomic mass is 16.5. The number of rotatable bonds is 10. The number of carbonyl (C=O) groups excluding carboxylic acids is 1. The fourth-order valence-corrected chi connectivity index (χ4v) is 4.78. The van der Waals surface area contributed by atoms with Gasteiger partial charge in [-0.3, -0.25) is 4.79 Å². The van der Waals surface area contributed by atoms with Crippen LogP contribution in [0.15, 0.2) is 70.9 Å². The van der Waals surface area contributed by atoms with E-state index in [-0.39, 0.29) is 24.1 Å². The summed E-state index contributed by atoms with van der Waals surface area (Å²) in [6.45, 7) is 6.09. The second kappa shape index (κ2) is 11.5. The summed E-state index contributed by atoms with van der Waals surface area (Å²) in [7, 11) is 0. The van der Waals surface area contributed by atoms with Crippen LogP contribution in [0.4, 0.5) is 0 Å². The maximum absolute atomic E-state index is 12.0. The molecule has 7 nitrogen and oxygen atoms in total. The van der Waals surface area contributed by atoms with Crippen LogP contribution in [-0.4, -0.2) is 41.3 Å². The van der Waals surface area contributed by atoms with Crippen molar-refractivity contribution in [1.29, 1.82) is 0 Å². The van der Waals surface area contributed by atoms with E-state index in [2.05, 4.69) is 41.0 Å². The Morgan fingerprint density at radius 3 is 2.47 bits per heavy atom. The third kappa shape index (κ3) is 6.04. The Balaban J connectivity index is 1.49. The maximum Gasteiger partial charge on any atom is 0.331 e. The SMILES string of the molecule is CCC(CC)O[C@@H]1C=C(C(=O)O)C[C@H](NCc2ccc(-c3ccc4occc4c3)cc2)[C@H]1NC(C)=O. The number of carboxylic acids is 1. The monoisotopic (exact) mass is 490 g/mol. The molecule has 2 aromatic carbocycles. The summed E-state index contributed by atoms with van der Waals surface area (Å²) < 4.78 is 11.7.